The van der Waals surface area contributed by atoms with Crippen LogP contribution in [0.4, 0.5) is 14.5 Å². The van der Waals surface area contributed by atoms with Gasteiger partial charge in [-0.2, -0.15) is 0 Å². The highest BCUT2D eigenvalue weighted by atomic mass is 127. The van der Waals surface area contributed by atoms with Gasteiger partial charge in [-0.1, -0.05) is 0 Å². The molecule has 124 valence electrons. The van der Waals surface area contributed by atoms with Crippen molar-refractivity contribution in [2.75, 3.05) is 31.7 Å². The number of hydrogen-bond donors (Lipinski definition) is 3. The molecule has 0 radical (unpaired) electrons. The van der Waals surface area contributed by atoms with Gasteiger partial charge in [0.15, 0.2) is 5.96 Å². The molecule has 0 spiro atoms. The summed E-state index contributed by atoms with van der Waals surface area (Å²) in [5.74, 6) is -1.17. The van der Waals surface area contributed by atoms with Crippen molar-refractivity contribution in [1.82, 2.24) is 0 Å². The van der Waals surface area contributed by atoms with Gasteiger partial charge in [0.1, 0.15) is 11.6 Å². The molecular weight excluding hydrogens is 407 g/mol. The lowest BCUT2D eigenvalue weighted by atomic mass is 9.84. The summed E-state index contributed by atoms with van der Waals surface area (Å²) in [6.45, 7) is 1.55. The fraction of sp³-hybridized carbons (Fsp3) is 0.500. The van der Waals surface area contributed by atoms with Crippen LogP contribution in [0.25, 0.3) is 0 Å². The quantitative estimate of drug-likeness (QED) is 0.382. The molecule has 1 aliphatic rings. The van der Waals surface area contributed by atoms with Crippen LogP contribution in [0, 0.1) is 17.0 Å². The number of aliphatic hydroxyl groups excluding tert-OH is 1. The third kappa shape index (κ3) is 5.03. The molecular formula is C14H20F2IN3O2. The van der Waals surface area contributed by atoms with Gasteiger partial charge in [-0.05, 0) is 25.0 Å². The number of benzene rings is 1. The fourth-order valence-electron chi connectivity index (χ4n) is 2.31. The number of guanidine groups is 1. The van der Waals surface area contributed by atoms with Crippen LogP contribution >= 0.6 is 24.0 Å². The number of aliphatic imine (C=N–C) groups is 1. The molecule has 0 aromatic heterocycles. The average molecular weight is 427 g/mol. The van der Waals surface area contributed by atoms with Gasteiger partial charge in [-0.3, -0.25) is 4.99 Å². The maximum Gasteiger partial charge on any atom is 0.193 e. The Bertz CT molecular complexity index is 523. The molecule has 1 aromatic rings. The number of ether oxygens (including phenoxy) is 1. The van der Waals surface area contributed by atoms with Gasteiger partial charge in [0.2, 0.25) is 0 Å². The number of rotatable bonds is 5. The van der Waals surface area contributed by atoms with Crippen molar-refractivity contribution in [2.24, 2.45) is 16.1 Å². The molecule has 1 unspecified atom stereocenters. The first-order valence-corrected chi connectivity index (χ1v) is 6.75. The lowest BCUT2D eigenvalue weighted by molar-refractivity contribution is 0.131. The maximum absolute atomic E-state index is 13.5. The summed E-state index contributed by atoms with van der Waals surface area (Å²) in [4.78, 5) is 4.17. The van der Waals surface area contributed by atoms with Crippen LogP contribution in [-0.4, -0.2) is 37.4 Å². The van der Waals surface area contributed by atoms with E-state index in [9.17, 15) is 8.78 Å². The number of hydrogen-bond acceptors (Lipinski definition) is 3. The van der Waals surface area contributed by atoms with Crippen LogP contribution in [-0.2, 0) is 4.74 Å². The van der Waals surface area contributed by atoms with Crippen molar-refractivity contribution >= 4 is 35.6 Å². The van der Waals surface area contributed by atoms with Crippen molar-refractivity contribution in [3.63, 3.8) is 0 Å². The van der Waals surface area contributed by atoms with E-state index in [1.807, 2.05) is 0 Å². The highest BCUT2D eigenvalue weighted by Crippen LogP contribution is 2.32. The molecule has 1 heterocycles. The monoisotopic (exact) mass is 427 g/mol. The first-order valence-electron chi connectivity index (χ1n) is 6.75. The summed E-state index contributed by atoms with van der Waals surface area (Å²) in [7, 11) is 0. The minimum absolute atomic E-state index is 0. The Kier molecular flexibility index (Phi) is 7.43. The molecule has 22 heavy (non-hydrogen) atoms. The Hall–Kier alpha value is -1.00. The maximum atomic E-state index is 13.5. The molecule has 4 N–H and O–H groups in total. The van der Waals surface area contributed by atoms with Crippen LogP contribution in [0.2, 0.25) is 0 Å². The molecule has 8 heteroatoms. The van der Waals surface area contributed by atoms with Gasteiger partial charge in [-0.25, -0.2) is 8.78 Å². The predicted octanol–water partition coefficient (Wildman–Crippen LogP) is 2.10. The lowest BCUT2D eigenvalue weighted by Gasteiger charge is -2.24. The van der Waals surface area contributed by atoms with Gasteiger partial charge in [-0.15, -0.1) is 24.0 Å². The lowest BCUT2D eigenvalue weighted by Crippen LogP contribution is -2.30. The Labute approximate surface area is 145 Å². The molecule has 1 atom stereocenters. The van der Waals surface area contributed by atoms with E-state index in [4.69, 9.17) is 15.6 Å². The number of nitrogens with zero attached hydrogens (tertiary/aromatic N) is 1. The summed E-state index contributed by atoms with van der Waals surface area (Å²) in [6.07, 6.45) is 1.36. The molecule has 1 saturated heterocycles. The van der Waals surface area contributed by atoms with E-state index in [0.717, 1.165) is 24.6 Å². The van der Waals surface area contributed by atoms with Crippen molar-refractivity contribution in [3.05, 3.63) is 29.8 Å². The molecule has 0 amide bonds. The van der Waals surface area contributed by atoms with Gasteiger partial charge < -0.3 is 20.9 Å². The second-order valence-electron chi connectivity index (χ2n) is 5.23. The minimum Gasteiger partial charge on any atom is -0.396 e. The van der Waals surface area contributed by atoms with Crippen LogP contribution in [0.5, 0.6) is 0 Å². The Morgan fingerprint density at radius 1 is 1.45 bits per heavy atom. The first-order chi connectivity index (χ1) is 10.0. The molecule has 1 aromatic carbocycles. The van der Waals surface area contributed by atoms with E-state index in [1.165, 1.54) is 0 Å². The molecule has 2 rings (SSSR count). The molecule has 0 saturated carbocycles. The minimum atomic E-state index is -0.608. The summed E-state index contributed by atoms with van der Waals surface area (Å²) in [5.41, 5.74) is 5.41. The van der Waals surface area contributed by atoms with Crippen molar-refractivity contribution in [2.45, 2.75) is 12.8 Å². The van der Waals surface area contributed by atoms with Crippen LogP contribution in [0.3, 0.4) is 0 Å². The summed E-state index contributed by atoms with van der Waals surface area (Å²) in [6, 6.07) is 3.06. The Morgan fingerprint density at radius 3 is 2.86 bits per heavy atom. The van der Waals surface area contributed by atoms with Gasteiger partial charge in [0.25, 0.3) is 0 Å². The zero-order valence-corrected chi connectivity index (χ0v) is 14.3. The SMILES string of the molecule is I.NC(=NCC1(CCO)CCOC1)Nc1cc(F)ccc1F. The van der Waals surface area contributed by atoms with Crippen molar-refractivity contribution in [3.8, 4) is 0 Å². The van der Waals surface area contributed by atoms with Crippen molar-refractivity contribution < 1.29 is 18.6 Å². The van der Waals surface area contributed by atoms with Gasteiger partial charge in [0, 0.05) is 24.7 Å². The predicted molar refractivity (Wildman–Crippen MR) is 91.5 cm³/mol. The van der Waals surface area contributed by atoms with E-state index in [-0.39, 0.29) is 47.6 Å². The number of nitrogens with one attached hydrogen (secondary N) is 1. The second kappa shape index (κ2) is 8.59. The average Bonchev–Trinajstić information content (AvgIpc) is 2.90. The van der Waals surface area contributed by atoms with E-state index < -0.39 is 11.6 Å². The van der Waals surface area contributed by atoms with E-state index in [0.29, 0.717) is 26.2 Å². The second-order valence-corrected chi connectivity index (χ2v) is 5.23. The summed E-state index contributed by atoms with van der Waals surface area (Å²) < 4.78 is 31.9. The van der Waals surface area contributed by atoms with Crippen molar-refractivity contribution in [1.29, 1.82) is 0 Å². The molecule has 5 nitrogen and oxygen atoms in total. The largest absolute Gasteiger partial charge is 0.396 e. The molecule has 1 aliphatic heterocycles. The zero-order chi connectivity index (χ0) is 15.3. The Morgan fingerprint density at radius 2 is 2.23 bits per heavy atom. The Balaban J connectivity index is 0.00000242. The third-order valence-corrected chi connectivity index (χ3v) is 3.60. The van der Waals surface area contributed by atoms with E-state index in [2.05, 4.69) is 10.3 Å². The van der Waals surface area contributed by atoms with Crippen LogP contribution < -0.4 is 11.1 Å². The highest BCUT2D eigenvalue weighted by Gasteiger charge is 2.34. The van der Waals surface area contributed by atoms with Gasteiger partial charge >= 0.3 is 0 Å². The highest BCUT2D eigenvalue weighted by molar-refractivity contribution is 14.0. The normalized spacial score (nSPS) is 21.5. The topological polar surface area (TPSA) is 79.9 Å². The standard InChI is InChI=1S/C14H19F2N3O2.HI/c15-10-1-2-11(16)12(7-10)19-13(17)18-8-14(3-5-20)4-6-21-9-14;/h1-2,7,20H,3-6,8-9H2,(H3,17,18,19);1H. The molecule has 1 fully saturated rings. The van der Waals surface area contributed by atoms with Crippen LogP contribution in [0.1, 0.15) is 12.8 Å². The fourth-order valence-corrected chi connectivity index (χ4v) is 2.31. The van der Waals surface area contributed by atoms with E-state index in [1.54, 1.807) is 0 Å². The smallest absolute Gasteiger partial charge is 0.193 e. The first kappa shape index (κ1) is 19.0. The number of halogens is 3. The number of aliphatic hydroxyl groups is 1. The molecule has 0 bridgehead atoms. The van der Waals surface area contributed by atoms with E-state index >= 15 is 0 Å². The summed E-state index contributed by atoms with van der Waals surface area (Å²) in [5, 5.41) is 11.7. The molecule has 0 aliphatic carbocycles. The zero-order valence-electron chi connectivity index (χ0n) is 12.0. The number of anilines is 1. The number of nitrogens with two attached hydrogens (primary N) is 1. The summed E-state index contributed by atoms with van der Waals surface area (Å²) >= 11 is 0. The van der Waals surface area contributed by atoms with Gasteiger partial charge in [0.05, 0.1) is 18.8 Å². The van der Waals surface area contributed by atoms with Crippen LogP contribution in [0.15, 0.2) is 23.2 Å². The third-order valence-electron chi connectivity index (χ3n) is 3.60.